The second-order valence-electron chi connectivity index (χ2n) is 5.98. The molecule has 0 radical (unpaired) electrons. The molecule has 0 aromatic rings. The minimum atomic E-state index is -7.40. The maximum atomic E-state index is 14.3. The lowest BCUT2D eigenvalue weighted by Crippen LogP contribution is -2.68. The summed E-state index contributed by atoms with van der Waals surface area (Å²) in [5.74, 6) is -14.8. The van der Waals surface area contributed by atoms with E-state index in [4.69, 9.17) is 0 Å². The predicted octanol–water partition coefficient (Wildman–Crippen LogP) is 3.45. The van der Waals surface area contributed by atoms with Crippen LogP contribution in [0.1, 0.15) is 0 Å². The highest BCUT2D eigenvalue weighted by Gasteiger charge is 2.88. The third-order valence-electron chi connectivity index (χ3n) is 3.78. The molecule has 0 spiro atoms. The summed E-state index contributed by atoms with van der Waals surface area (Å²) in [5.41, 5.74) is 0. The van der Waals surface area contributed by atoms with Gasteiger partial charge < -0.3 is 0 Å². The number of halogens is 8. The molecule has 6 nitrogen and oxygen atoms in total. The topological polar surface area (TPSA) is 74.8 Å². The molecule has 0 amide bonds. The Hall–Kier alpha value is -1.78. The van der Waals surface area contributed by atoms with Gasteiger partial charge in [0.25, 0.3) is 20.0 Å². The number of hydrogen-bond acceptors (Lipinski definition) is 4. The molecule has 0 aliphatic heterocycles. The Morgan fingerprint density at radius 2 is 0.719 bits per heavy atom. The molecular formula is C16H20F8N2O4S2. The third kappa shape index (κ3) is 4.63. The predicted molar refractivity (Wildman–Crippen MR) is 102 cm³/mol. The average molecular weight is 520 g/mol. The molecule has 0 fully saturated rings. The van der Waals surface area contributed by atoms with Gasteiger partial charge in [-0.25, -0.2) is 16.8 Å². The lowest BCUT2D eigenvalue weighted by Gasteiger charge is -2.38. The van der Waals surface area contributed by atoms with Crippen molar-refractivity contribution in [1.29, 1.82) is 0 Å². The van der Waals surface area contributed by atoms with Gasteiger partial charge in [0.05, 0.1) is 0 Å². The molecule has 0 unspecified atom stereocenters. The van der Waals surface area contributed by atoms with Crippen LogP contribution in [0.25, 0.3) is 0 Å². The minimum absolute atomic E-state index is 0.481. The van der Waals surface area contributed by atoms with Crippen LogP contribution in [0, 0.1) is 0 Å². The second kappa shape index (κ2) is 10.0. The van der Waals surface area contributed by atoms with Crippen LogP contribution in [0.2, 0.25) is 0 Å². The number of rotatable bonds is 15. The van der Waals surface area contributed by atoms with Gasteiger partial charge >= 0.3 is 22.4 Å². The van der Waals surface area contributed by atoms with Gasteiger partial charge in [-0.1, -0.05) is 24.3 Å². The van der Waals surface area contributed by atoms with E-state index in [9.17, 15) is 52.0 Å². The Balaban J connectivity index is 6.81. The van der Waals surface area contributed by atoms with Crippen molar-refractivity contribution in [2.75, 3.05) is 26.2 Å². The van der Waals surface area contributed by atoms with E-state index in [1.54, 1.807) is 0 Å². The molecular weight excluding hydrogens is 500 g/mol. The summed E-state index contributed by atoms with van der Waals surface area (Å²) in [6.45, 7) is 7.48. The van der Waals surface area contributed by atoms with Crippen molar-refractivity contribution < 1.29 is 52.0 Å². The summed E-state index contributed by atoms with van der Waals surface area (Å²) < 4.78 is 161. The van der Waals surface area contributed by atoms with E-state index in [0.717, 1.165) is 0 Å². The zero-order chi connectivity index (χ0) is 25.8. The first-order chi connectivity index (χ1) is 14.3. The molecule has 186 valence electrons. The smallest absolute Gasteiger partial charge is 0.206 e. The van der Waals surface area contributed by atoms with Crippen LogP contribution in [0.4, 0.5) is 35.1 Å². The molecule has 0 aliphatic rings. The summed E-state index contributed by atoms with van der Waals surface area (Å²) in [6, 6.07) is 0. The van der Waals surface area contributed by atoms with Gasteiger partial charge in [0.2, 0.25) is 0 Å². The van der Waals surface area contributed by atoms with E-state index >= 15 is 0 Å². The SMILES string of the molecule is C=CCN(CC=C)S(=O)(=O)C(F)(F)C(F)(F)C(F)(F)C(F)(F)S(=O)(=O)N(CC=C)CC=C. The molecule has 0 N–H and O–H groups in total. The van der Waals surface area contributed by atoms with E-state index < -0.39 is 77.2 Å². The highest BCUT2D eigenvalue weighted by Crippen LogP contribution is 2.56. The summed E-state index contributed by atoms with van der Waals surface area (Å²) in [5, 5.41) is -13.8. The largest absolute Gasteiger partial charge is 0.427 e. The van der Waals surface area contributed by atoms with Gasteiger partial charge in [-0.2, -0.15) is 43.7 Å². The molecule has 0 aromatic heterocycles. The number of sulfonamides is 2. The van der Waals surface area contributed by atoms with Crippen molar-refractivity contribution in [2.24, 2.45) is 0 Å². The van der Waals surface area contributed by atoms with E-state index in [0.29, 0.717) is 24.3 Å². The fourth-order valence-electron chi connectivity index (χ4n) is 2.13. The van der Waals surface area contributed by atoms with Gasteiger partial charge in [0.15, 0.2) is 0 Å². The van der Waals surface area contributed by atoms with Crippen LogP contribution in [0.15, 0.2) is 50.6 Å². The Labute approximate surface area is 180 Å². The van der Waals surface area contributed by atoms with Crippen LogP contribution < -0.4 is 0 Å². The fourth-order valence-corrected chi connectivity index (χ4v) is 4.89. The van der Waals surface area contributed by atoms with Crippen molar-refractivity contribution in [2.45, 2.75) is 22.4 Å². The minimum Gasteiger partial charge on any atom is -0.206 e. The number of alkyl halides is 8. The first kappa shape index (κ1) is 30.2. The molecule has 0 heterocycles. The molecule has 0 atom stereocenters. The molecule has 0 saturated heterocycles. The number of nitrogens with zero attached hydrogens (tertiary/aromatic N) is 2. The van der Waals surface area contributed by atoms with Crippen LogP contribution >= 0.6 is 0 Å². The van der Waals surface area contributed by atoms with Gasteiger partial charge in [0.1, 0.15) is 0 Å². The van der Waals surface area contributed by atoms with E-state index in [1.165, 1.54) is 0 Å². The Morgan fingerprint density at radius 1 is 0.531 bits per heavy atom. The van der Waals surface area contributed by atoms with Gasteiger partial charge in [0, 0.05) is 26.2 Å². The lowest BCUT2D eigenvalue weighted by molar-refractivity contribution is -0.327. The van der Waals surface area contributed by atoms with Crippen molar-refractivity contribution >= 4 is 20.0 Å². The molecule has 0 aromatic carbocycles. The van der Waals surface area contributed by atoms with Crippen LogP contribution in [-0.2, 0) is 20.0 Å². The molecule has 32 heavy (non-hydrogen) atoms. The first-order valence-electron chi connectivity index (χ1n) is 8.23. The monoisotopic (exact) mass is 520 g/mol. The average Bonchev–Trinajstić information content (AvgIpc) is 2.66. The van der Waals surface area contributed by atoms with Crippen molar-refractivity contribution in [3.63, 3.8) is 0 Å². The maximum Gasteiger partial charge on any atom is 0.427 e. The lowest BCUT2D eigenvalue weighted by atomic mass is 10.2. The highest BCUT2D eigenvalue weighted by molar-refractivity contribution is 7.90. The van der Waals surface area contributed by atoms with Gasteiger partial charge in [-0.05, 0) is 0 Å². The Bertz CT molecular complexity index is 838. The summed E-state index contributed by atoms with van der Waals surface area (Å²) >= 11 is 0. The second-order valence-corrected chi connectivity index (χ2v) is 9.94. The molecule has 0 aliphatic carbocycles. The summed E-state index contributed by atoms with van der Waals surface area (Å²) in [7, 11) is -13.5. The molecule has 0 bridgehead atoms. The quantitative estimate of drug-likeness (QED) is 0.245. The first-order valence-corrected chi connectivity index (χ1v) is 11.1. The van der Waals surface area contributed by atoms with Crippen molar-refractivity contribution in [1.82, 2.24) is 8.61 Å². The summed E-state index contributed by atoms with van der Waals surface area (Å²) in [6.07, 6.45) is 2.48. The normalized spacial score (nSPS) is 14.4. The Morgan fingerprint density at radius 3 is 0.875 bits per heavy atom. The standard InChI is InChI=1S/C16H20F8N2O4S2/c1-5-9-25(10-6-2)31(27,28)15(21,22)13(17,18)14(19,20)16(23,24)32(29,30)26(11-7-3)12-8-4/h5-8H,1-4,9-12H2. The van der Waals surface area contributed by atoms with E-state index in [1.807, 2.05) is 0 Å². The van der Waals surface area contributed by atoms with E-state index in [-0.39, 0.29) is 0 Å². The van der Waals surface area contributed by atoms with Gasteiger partial charge in [-0.15, -0.1) is 26.3 Å². The highest BCUT2D eigenvalue weighted by atomic mass is 32.2. The van der Waals surface area contributed by atoms with E-state index in [2.05, 4.69) is 26.3 Å². The summed E-state index contributed by atoms with van der Waals surface area (Å²) in [4.78, 5) is 0. The zero-order valence-electron chi connectivity index (χ0n) is 16.3. The van der Waals surface area contributed by atoms with Crippen LogP contribution in [0.3, 0.4) is 0 Å². The van der Waals surface area contributed by atoms with Crippen LogP contribution in [0.5, 0.6) is 0 Å². The Kier molecular flexibility index (Phi) is 9.45. The molecule has 0 saturated carbocycles. The molecule has 16 heteroatoms. The number of hydrogen-bond donors (Lipinski definition) is 0. The van der Waals surface area contributed by atoms with Gasteiger partial charge in [-0.3, -0.25) is 0 Å². The van der Waals surface area contributed by atoms with Crippen LogP contribution in [-0.4, -0.2) is 74.0 Å². The third-order valence-corrected chi connectivity index (χ3v) is 7.55. The fraction of sp³-hybridized carbons (Fsp3) is 0.500. The molecule has 0 rings (SSSR count). The maximum absolute atomic E-state index is 14.3. The zero-order valence-corrected chi connectivity index (χ0v) is 18.0. The van der Waals surface area contributed by atoms with Crippen molar-refractivity contribution in [3.05, 3.63) is 50.6 Å². The van der Waals surface area contributed by atoms with Crippen molar-refractivity contribution in [3.8, 4) is 0 Å².